The van der Waals surface area contributed by atoms with Crippen LogP contribution in [0, 0.1) is 0 Å². The molecule has 0 amide bonds. The summed E-state index contributed by atoms with van der Waals surface area (Å²) >= 11 is 0. The fraction of sp³-hybridized carbons (Fsp3) is 0.720. The first-order chi connectivity index (χ1) is 12.5. The van der Waals surface area contributed by atoms with Gasteiger partial charge < -0.3 is 0 Å². The lowest BCUT2D eigenvalue weighted by molar-refractivity contribution is -0.118. The zero-order valence-electron chi connectivity index (χ0n) is 19.5. The lowest BCUT2D eigenvalue weighted by atomic mass is 9.97. The molecule has 0 bridgehead atoms. The molecule has 0 spiro atoms. The highest BCUT2D eigenvalue weighted by atomic mass is 16.1. The first kappa shape index (κ1) is 29.6. The molecule has 0 aliphatic heterocycles. The molecule has 1 aromatic rings. The van der Waals surface area contributed by atoms with E-state index < -0.39 is 0 Å². The molecule has 0 aliphatic carbocycles. The van der Waals surface area contributed by atoms with Crippen LogP contribution in [0.3, 0.4) is 0 Å². The first-order valence-corrected chi connectivity index (χ1v) is 11.2. The maximum Gasteiger partial charge on any atom is 0.132 e. The van der Waals surface area contributed by atoms with Gasteiger partial charge in [0.05, 0.1) is 0 Å². The Morgan fingerprint density at radius 1 is 0.808 bits per heavy atom. The zero-order chi connectivity index (χ0) is 20.8. The van der Waals surface area contributed by atoms with Crippen molar-refractivity contribution < 1.29 is 4.79 Å². The molecule has 0 saturated carbocycles. The van der Waals surface area contributed by atoms with E-state index in [4.69, 9.17) is 0 Å². The largest absolute Gasteiger partial charge is 0.300 e. The number of ketones is 1. The van der Waals surface area contributed by atoms with Crippen LogP contribution in [-0.2, 0) is 24.1 Å². The first-order valence-electron chi connectivity index (χ1n) is 11.2. The molecule has 154 valence electrons. The Kier molecular flexibility index (Phi) is 27.2. The van der Waals surface area contributed by atoms with Crippen molar-refractivity contribution in [2.24, 2.45) is 0 Å². The lowest BCUT2D eigenvalue weighted by Gasteiger charge is -2.08. The van der Waals surface area contributed by atoms with Gasteiger partial charge in [0.15, 0.2) is 0 Å². The Hall–Kier alpha value is -1.11. The predicted molar refractivity (Wildman–Crippen MR) is 121 cm³/mol. The number of carbonyl (C=O) groups excluding carboxylic acids is 1. The van der Waals surface area contributed by atoms with E-state index in [1.807, 2.05) is 20.8 Å². The highest BCUT2D eigenvalue weighted by molar-refractivity contribution is 5.78. The van der Waals surface area contributed by atoms with E-state index in [1.165, 1.54) is 42.4 Å². The summed E-state index contributed by atoms with van der Waals surface area (Å²) in [7, 11) is 0. The third-order valence-electron chi connectivity index (χ3n) is 3.83. The molecular formula is C25H48O. The van der Waals surface area contributed by atoms with Crippen molar-refractivity contribution in [3.8, 4) is 0 Å². The van der Waals surface area contributed by atoms with Gasteiger partial charge in [-0.25, -0.2) is 0 Å². The fourth-order valence-electron chi connectivity index (χ4n) is 2.32. The molecule has 0 unspecified atom stereocenters. The topological polar surface area (TPSA) is 17.1 Å². The number of hydrogen-bond donors (Lipinski definition) is 0. The highest BCUT2D eigenvalue weighted by Gasteiger charge is 2.03. The SMILES string of the molecule is CC.CCC.CCC(=O)CCc1ccc(CC)c(CC)c1.CCCCC. The van der Waals surface area contributed by atoms with Gasteiger partial charge >= 0.3 is 0 Å². The standard InChI is InChI=1S/C15H22O.C5H12.C3H8.C2H6/c1-4-13-9-7-12(11-14(13)5-2)8-10-15(16)6-3;1-3-5-4-2;1-3-2;1-2/h7,9,11H,4-6,8,10H2,1-3H3;3-5H2,1-2H3;3H2,1-2H3;1-2H3. The number of unbranched alkanes of at least 4 members (excludes halogenated alkanes) is 2. The molecular weight excluding hydrogens is 316 g/mol. The Labute approximate surface area is 166 Å². The van der Waals surface area contributed by atoms with E-state index in [0.29, 0.717) is 18.6 Å². The number of carbonyl (C=O) groups is 1. The van der Waals surface area contributed by atoms with Crippen LogP contribution in [0.5, 0.6) is 0 Å². The van der Waals surface area contributed by atoms with Gasteiger partial charge in [0.25, 0.3) is 0 Å². The molecule has 1 nitrogen and oxygen atoms in total. The van der Waals surface area contributed by atoms with Gasteiger partial charge in [-0.15, -0.1) is 0 Å². The van der Waals surface area contributed by atoms with E-state index in [-0.39, 0.29) is 0 Å². The average Bonchev–Trinajstić information content (AvgIpc) is 2.69. The Bertz CT molecular complexity index is 405. The zero-order valence-corrected chi connectivity index (χ0v) is 19.5. The van der Waals surface area contributed by atoms with Gasteiger partial charge in [-0.1, -0.05) is 106 Å². The van der Waals surface area contributed by atoms with Gasteiger partial charge in [0.1, 0.15) is 5.78 Å². The van der Waals surface area contributed by atoms with Crippen LogP contribution in [-0.4, -0.2) is 5.78 Å². The predicted octanol–water partition coefficient (Wildman–Crippen LogP) is 8.36. The number of Topliss-reactive ketones (excluding diaryl/α,β-unsaturated/α-hetero) is 1. The van der Waals surface area contributed by atoms with Crippen LogP contribution in [0.15, 0.2) is 18.2 Å². The third kappa shape index (κ3) is 17.7. The highest BCUT2D eigenvalue weighted by Crippen LogP contribution is 2.15. The van der Waals surface area contributed by atoms with E-state index in [0.717, 1.165) is 19.3 Å². The van der Waals surface area contributed by atoms with Crippen LogP contribution in [0.1, 0.15) is 118 Å². The minimum Gasteiger partial charge on any atom is -0.300 e. The number of aryl methyl sites for hydroxylation is 3. The van der Waals surface area contributed by atoms with Gasteiger partial charge in [0.2, 0.25) is 0 Å². The Morgan fingerprint density at radius 2 is 1.31 bits per heavy atom. The lowest BCUT2D eigenvalue weighted by Crippen LogP contribution is -1.99. The molecule has 26 heavy (non-hydrogen) atoms. The molecule has 0 N–H and O–H groups in total. The normalized spacial score (nSPS) is 8.96. The molecule has 0 fully saturated rings. The van der Waals surface area contributed by atoms with Crippen molar-refractivity contribution in [2.45, 2.75) is 120 Å². The molecule has 1 rings (SSSR count). The van der Waals surface area contributed by atoms with Crippen molar-refractivity contribution in [1.82, 2.24) is 0 Å². The minimum atomic E-state index is 0.359. The second-order valence-electron chi connectivity index (χ2n) is 6.26. The second-order valence-corrected chi connectivity index (χ2v) is 6.26. The minimum absolute atomic E-state index is 0.359. The van der Waals surface area contributed by atoms with Gasteiger partial charge in [-0.3, -0.25) is 4.79 Å². The quantitative estimate of drug-likeness (QED) is 0.453. The van der Waals surface area contributed by atoms with Gasteiger partial charge in [-0.2, -0.15) is 0 Å². The summed E-state index contributed by atoms with van der Waals surface area (Å²) in [6, 6.07) is 6.65. The van der Waals surface area contributed by atoms with E-state index in [9.17, 15) is 4.79 Å². The van der Waals surface area contributed by atoms with Crippen molar-refractivity contribution in [3.05, 3.63) is 34.9 Å². The molecule has 0 radical (unpaired) electrons. The summed E-state index contributed by atoms with van der Waals surface area (Å²) in [5, 5.41) is 0. The molecule has 0 aliphatic rings. The molecule has 1 heteroatoms. The van der Waals surface area contributed by atoms with Gasteiger partial charge in [0, 0.05) is 12.8 Å². The molecule has 0 aromatic heterocycles. The second kappa shape index (κ2) is 23.9. The summed E-state index contributed by atoms with van der Waals surface area (Å²) in [5.41, 5.74) is 4.17. The van der Waals surface area contributed by atoms with Crippen LogP contribution < -0.4 is 0 Å². The van der Waals surface area contributed by atoms with Crippen molar-refractivity contribution in [2.75, 3.05) is 0 Å². The van der Waals surface area contributed by atoms with Crippen molar-refractivity contribution >= 4 is 5.78 Å². The average molecular weight is 365 g/mol. The molecule has 0 saturated heterocycles. The van der Waals surface area contributed by atoms with Crippen LogP contribution >= 0.6 is 0 Å². The maximum atomic E-state index is 11.3. The van der Waals surface area contributed by atoms with Crippen LogP contribution in [0.4, 0.5) is 0 Å². The Morgan fingerprint density at radius 3 is 1.65 bits per heavy atom. The summed E-state index contributed by atoms with van der Waals surface area (Å²) < 4.78 is 0. The summed E-state index contributed by atoms with van der Waals surface area (Å²) in [4.78, 5) is 11.3. The van der Waals surface area contributed by atoms with Crippen molar-refractivity contribution in [3.63, 3.8) is 0 Å². The monoisotopic (exact) mass is 364 g/mol. The van der Waals surface area contributed by atoms with E-state index >= 15 is 0 Å². The summed E-state index contributed by atoms with van der Waals surface area (Å²) in [6.07, 6.45) is 9.74. The van der Waals surface area contributed by atoms with Crippen LogP contribution in [0.25, 0.3) is 0 Å². The molecule has 0 heterocycles. The number of benzene rings is 1. The maximum absolute atomic E-state index is 11.3. The van der Waals surface area contributed by atoms with Crippen molar-refractivity contribution in [1.29, 1.82) is 0 Å². The molecule has 1 aromatic carbocycles. The number of hydrogen-bond acceptors (Lipinski definition) is 1. The smallest absolute Gasteiger partial charge is 0.132 e. The molecule has 0 atom stereocenters. The van der Waals surface area contributed by atoms with Crippen LogP contribution in [0.2, 0.25) is 0 Å². The summed E-state index contributed by atoms with van der Waals surface area (Å²) in [6.45, 7) is 19.0. The fourth-order valence-corrected chi connectivity index (χ4v) is 2.32. The third-order valence-corrected chi connectivity index (χ3v) is 3.83. The van der Waals surface area contributed by atoms with E-state index in [1.54, 1.807) is 0 Å². The number of rotatable bonds is 8. The van der Waals surface area contributed by atoms with Gasteiger partial charge in [-0.05, 0) is 36.0 Å². The van der Waals surface area contributed by atoms with E-state index in [2.05, 4.69) is 59.7 Å². The summed E-state index contributed by atoms with van der Waals surface area (Å²) in [5.74, 6) is 0.359. The Balaban J connectivity index is -0.000000441.